The molecule has 22 heavy (non-hydrogen) atoms. The van der Waals surface area contributed by atoms with Gasteiger partial charge < -0.3 is 21.5 Å². The minimum absolute atomic E-state index is 0. The zero-order valence-electron chi connectivity index (χ0n) is 12.3. The smallest absolute Gasteiger partial charge is 0.227 e. The second-order valence-corrected chi connectivity index (χ2v) is 5.32. The maximum Gasteiger partial charge on any atom is 0.227 e. The molecule has 122 valence electrons. The molecule has 0 aromatic heterocycles. The second-order valence-electron chi connectivity index (χ2n) is 5.32. The Hall–Kier alpha value is -1.79. The van der Waals surface area contributed by atoms with Gasteiger partial charge in [-0.25, -0.2) is 0 Å². The predicted octanol–water partition coefficient (Wildman–Crippen LogP) is 1.43. The highest BCUT2D eigenvalue weighted by atomic mass is 35.5. The molecule has 1 aromatic carbocycles. The third-order valence-corrected chi connectivity index (χ3v) is 3.59. The van der Waals surface area contributed by atoms with E-state index in [-0.39, 0.29) is 43.3 Å². The van der Waals surface area contributed by atoms with Gasteiger partial charge in [0.15, 0.2) is 0 Å². The minimum Gasteiger partial charge on any atom is -0.491 e. The lowest BCUT2D eigenvalue weighted by Gasteiger charge is -2.14. The molecule has 0 radical (unpaired) electrons. The van der Waals surface area contributed by atoms with Gasteiger partial charge in [-0.1, -0.05) is 12.1 Å². The van der Waals surface area contributed by atoms with Gasteiger partial charge in [0.05, 0.1) is 18.7 Å². The van der Waals surface area contributed by atoms with Crippen molar-refractivity contribution >= 4 is 29.9 Å². The molecule has 0 heterocycles. The zero-order valence-corrected chi connectivity index (χ0v) is 13.1. The van der Waals surface area contributed by atoms with Crippen LogP contribution >= 0.6 is 12.4 Å². The molecule has 0 saturated heterocycles. The lowest BCUT2D eigenvalue weighted by molar-refractivity contribution is -0.120. The summed E-state index contributed by atoms with van der Waals surface area (Å²) in [6, 6.07) is 7.25. The Labute approximate surface area is 136 Å². The highest BCUT2D eigenvalue weighted by Crippen LogP contribution is 2.28. The number of hydrogen-bond acceptors (Lipinski definition) is 4. The molecule has 2 amide bonds. The molecule has 1 saturated carbocycles. The fraction of sp³-hybridized carbons (Fsp3) is 0.467. The zero-order chi connectivity index (χ0) is 15.2. The van der Waals surface area contributed by atoms with E-state index in [2.05, 4.69) is 5.32 Å². The summed E-state index contributed by atoms with van der Waals surface area (Å²) < 4.78 is 5.49. The van der Waals surface area contributed by atoms with Gasteiger partial charge in [0.25, 0.3) is 0 Å². The standard InChI is InChI=1S/C15H21N3O3.ClH/c16-11-6-5-10(9-11)15(20)18-12-3-1-2-4-13(12)21-8-7-14(17)19;/h1-4,10-11H,5-9,16H2,(H2,17,19)(H,18,20);1H. The SMILES string of the molecule is Cl.NC(=O)CCOc1ccccc1NC(=O)C1CCC(N)C1. The number of halogens is 1. The van der Waals surface area contributed by atoms with Gasteiger partial charge in [0.1, 0.15) is 5.75 Å². The third kappa shape index (κ3) is 5.20. The maximum atomic E-state index is 12.2. The van der Waals surface area contributed by atoms with Crippen LogP contribution in [0.2, 0.25) is 0 Å². The number of hydrogen-bond donors (Lipinski definition) is 3. The molecular formula is C15H22ClN3O3. The molecule has 2 unspecified atom stereocenters. The number of anilines is 1. The van der Waals surface area contributed by atoms with E-state index in [0.717, 1.165) is 19.3 Å². The number of para-hydroxylation sites is 2. The first kappa shape index (κ1) is 18.3. The number of ether oxygens (including phenoxy) is 1. The van der Waals surface area contributed by atoms with E-state index >= 15 is 0 Å². The van der Waals surface area contributed by atoms with Gasteiger partial charge in [-0.05, 0) is 31.4 Å². The quantitative estimate of drug-likeness (QED) is 0.734. The maximum absolute atomic E-state index is 12.2. The van der Waals surface area contributed by atoms with Crippen LogP contribution in [0.5, 0.6) is 5.75 Å². The van der Waals surface area contributed by atoms with Gasteiger partial charge in [-0.2, -0.15) is 0 Å². The van der Waals surface area contributed by atoms with Gasteiger partial charge in [0, 0.05) is 12.0 Å². The van der Waals surface area contributed by atoms with E-state index < -0.39 is 5.91 Å². The van der Waals surface area contributed by atoms with Crippen LogP contribution in [0, 0.1) is 5.92 Å². The fourth-order valence-electron chi connectivity index (χ4n) is 2.45. The molecule has 0 bridgehead atoms. The van der Waals surface area contributed by atoms with Gasteiger partial charge >= 0.3 is 0 Å². The summed E-state index contributed by atoms with van der Waals surface area (Å²) >= 11 is 0. The number of nitrogens with one attached hydrogen (secondary N) is 1. The van der Waals surface area contributed by atoms with Crippen molar-refractivity contribution in [3.63, 3.8) is 0 Å². The molecule has 5 N–H and O–H groups in total. The van der Waals surface area contributed by atoms with Crippen LogP contribution in [-0.2, 0) is 9.59 Å². The molecule has 1 aliphatic rings. The van der Waals surface area contributed by atoms with Crippen molar-refractivity contribution in [2.75, 3.05) is 11.9 Å². The van der Waals surface area contributed by atoms with Crippen LogP contribution in [0.1, 0.15) is 25.7 Å². The van der Waals surface area contributed by atoms with Crippen LogP contribution in [0.15, 0.2) is 24.3 Å². The molecular weight excluding hydrogens is 306 g/mol. The number of amides is 2. The average Bonchev–Trinajstić information content (AvgIpc) is 2.87. The number of carbonyl (C=O) groups is 2. The summed E-state index contributed by atoms with van der Waals surface area (Å²) in [5.74, 6) is 0.0402. The summed E-state index contributed by atoms with van der Waals surface area (Å²) in [6.45, 7) is 0.191. The topological polar surface area (TPSA) is 107 Å². The second kappa shape index (κ2) is 8.60. The van der Waals surface area contributed by atoms with Crippen molar-refractivity contribution in [1.29, 1.82) is 0 Å². The van der Waals surface area contributed by atoms with Crippen molar-refractivity contribution < 1.29 is 14.3 Å². The van der Waals surface area contributed by atoms with E-state index in [1.807, 2.05) is 6.07 Å². The molecule has 6 nitrogen and oxygen atoms in total. The fourth-order valence-corrected chi connectivity index (χ4v) is 2.45. The predicted molar refractivity (Wildman–Crippen MR) is 86.9 cm³/mol. The normalized spacial score (nSPS) is 20.0. The molecule has 1 aromatic rings. The van der Waals surface area contributed by atoms with Crippen LogP contribution in [0.3, 0.4) is 0 Å². The van der Waals surface area contributed by atoms with Gasteiger partial charge in [-0.15, -0.1) is 12.4 Å². The molecule has 1 aliphatic carbocycles. The van der Waals surface area contributed by atoms with E-state index in [1.54, 1.807) is 18.2 Å². The Kier molecular flexibility index (Phi) is 7.14. The van der Waals surface area contributed by atoms with Crippen molar-refractivity contribution in [2.45, 2.75) is 31.7 Å². The molecule has 2 rings (SSSR count). The first-order chi connectivity index (χ1) is 10.1. The molecule has 0 spiro atoms. The highest BCUT2D eigenvalue weighted by Gasteiger charge is 2.28. The summed E-state index contributed by atoms with van der Waals surface area (Å²) in [4.78, 5) is 22.9. The van der Waals surface area contributed by atoms with E-state index in [9.17, 15) is 9.59 Å². The van der Waals surface area contributed by atoms with Gasteiger partial charge in [0.2, 0.25) is 11.8 Å². The van der Waals surface area contributed by atoms with Crippen molar-refractivity contribution in [3.8, 4) is 5.75 Å². The Bertz CT molecular complexity index is 525. The van der Waals surface area contributed by atoms with Crippen molar-refractivity contribution in [1.82, 2.24) is 0 Å². The Balaban J connectivity index is 0.00000242. The summed E-state index contributed by atoms with van der Waals surface area (Å²) in [5, 5.41) is 2.88. The van der Waals surface area contributed by atoms with Crippen molar-refractivity contribution in [2.24, 2.45) is 17.4 Å². The lowest BCUT2D eigenvalue weighted by Crippen LogP contribution is -2.23. The van der Waals surface area contributed by atoms with Crippen LogP contribution in [-0.4, -0.2) is 24.5 Å². The van der Waals surface area contributed by atoms with E-state index in [1.165, 1.54) is 0 Å². The van der Waals surface area contributed by atoms with E-state index in [0.29, 0.717) is 11.4 Å². The van der Waals surface area contributed by atoms with Crippen LogP contribution in [0.25, 0.3) is 0 Å². The molecule has 0 aliphatic heterocycles. The van der Waals surface area contributed by atoms with Gasteiger partial charge in [-0.3, -0.25) is 9.59 Å². The summed E-state index contributed by atoms with van der Waals surface area (Å²) in [6.07, 6.45) is 2.56. The number of benzene rings is 1. The minimum atomic E-state index is -0.420. The Morgan fingerprint density at radius 1 is 1.27 bits per heavy atom. The van der Waals surface area contributed by atoms with Crippen LogP contribution < -0.4 is 21.5 Å². The first-order valence-corrected chi connectivity index (χ1v) is 7.13. The van der Waals surface area contributed by atoms with Crippen LogP contribution in [0.4, 0.5) is 5.69 Å². The average molecular weight is 328 g/mol. The number of rotatable bonds is 6. The number of primary amides is 1. The first-order valence-electron chi connectivity index (χ1n) is 7.13. The number of carbonyl (C=O) groups excluding carboxylic acids is 2. The largest absolute Gasteiger partial charge is 0.491 e. The summed E-state index contributed by atoms with van der Waals surface area (Å²) in [5.41, 5.74) is 11.5. The van der Waals surface area contributed by atoms with E-state index in [4.69, 9.17) is 16.2 Å². The Morgan fingerprint density at radius 3 is 2.64 bits per heavy atom. The third-order valence-electron chi connectivity index (χ3n) is 3.59. The molecule has 1 fully saturated rings. The number of nitrogens with two attached hydrogens (primary N) is 2. The summed E-state index contributed by atoms with van der Waals surface area (Å²) in [7, 11) is 0. The molecule has 7 heteroatoms. The Morgan fingerprint density at radius 2 is 2.00 bits per heavy atom. The monoisotopic (exact) mass is 327 g/mol. The molecule has 2 atom stereocenters. The lowest BCUT2D eigenvalue weighted by atomic mass is 10.1. The van der Waals surface area contributed by atoms with Crippen molar-refractivity contribution in [3.05, 3.63) is 24.3 Å². The highest BCUT2D eigenvalue weighted by molar-refractivity contribution is 5.94.